The summed E-state index contributed by atoms with van der Waals surface area (Å²) in [6.45, 7) is 6.92. The lowest BCUT2D eigenvalue weighted by molar-refractivity contribution is -0.131. The van der Waals surface area contributed by atoms with Crippen molar-refractivity contribution in [2.45, 2.75) is 45.1 Å². The first kappa shape index (κ1) is 20.1. The van der Waals surface area contributed by atoms with E-state index >= 15 is 0 Å². The first-order chi connectivity index (χ1) is 13.4. The minimum absolute atomic E-state index is 0.127. The first-order valence-electron chi connectivity index (χ1n) is 10.1. The Balaban J connectivity index is 1.82. The van der Waals surface area contributed by atoms with Gasteiger partial charge in [-0.25, -0.2) is 0 Å². The molecule has 1 N–H and O–H groups in total. The molecule has 2 aromatic rings. The summed E-state index contributed by atoms with van der Waals surface area (Å²) < 4.78 is 0. The number of amides is 1. The minimum atomic E-state index is -0.571. The van der Waals surface area contributed by atoms with E-state index < -0.39 is 5.54 Å². The normalized spacial score (nSPS) is 21.0. The van der Waals surface area contributed by atoms with E-state index in [0.29, 0.717) is 18.4 Å². The highest BCUT2D eigenvalue weighted by Gasteiger charge is 2.46. The molecule has 1 saturated heterocycles. The molecule has 1 aliphatic rings. The van der Waals surface area contributed by atoms with Gasteiger partial charge in [0.25, 0.3) is 5.91 Å². The summed E-state index contributed by atoms with van der Waals surface area (Å²) >= 11 is 0. The summed E-state index contributed by atoms with van der Waals surface area (Å²) in [5.74, 6) is 1.49. The Morgan fingerprint density at radius 2 is 1.54 bits per heavy atom. The molecule has 0 aromatic heterocycles. The van der Waals surface area contributed by atoms with Gasteiger partial charge in [-0.15, -0.1) is 0 Å². The van der Waals surface area contributed by atoms with Crippen LogP contribution in [0.25, 0.3) is 0 Å². The SMILES string of the molecule is CN=C1NC(C)(CC(C)C)C(=O)N1CCC(c1ccccc1)c1ccccc1. The molecular formula is C24H31N3O. The number of guanidine groups is 1. The average Bonchev–Trinajstić information content (AvgIpc) is 2.93. The number of carbonyl (C=O) groups excluding carboxylic acids is 1. The molecule has 2 aromatic carbocycles. The zero-order valence-corrected chi connectivity index (χ0v) is 17.4. The van der Waals surface area contributed by atoms with E-state index in [0.717, 1.165) is 12.8 Å². The molecule has 4 heteroatoms. The fourth-order valence-electron chi connectivity index (χ4n) is 4.26. The van der Waals surface area contributed by atoms with Crippen LogP contribution in [0, 0.1) is 5.92 Å². The Morgan fingerprint density at radius 1 is 1.00 bits per heavy atom. The largest absolute Gasteiger partial charge is 0.342 e. The molecule has 0 bridgehead atoms. The van der Waals surface area contributed by atoms with Crippen LogP contribution in [0.3, 0.4) is 0 Å². The van der Waals surface area contributed by atoms with Gasteiger partial charge in [0.2, 0.25) is 5.96 Å². The van der Waals surface area contributed by atoms with Crippen molar-refractivity contribution in [2.75, 3.05) is 13.6 Å². The van der Waals surface area contributed by atoms with Crippen LogP contribution in [-0.4, -0.2) is 35.9 Å². The topological polar surface area (TPSA) is 44.7 Å². The lowest BCUT2D eigenvalue weighted by Crippen LogP contribution is -2.45. The van der Waals surface area contributed by atoms with Gasteiger partial charge in [-0.2, -0.15) is 0 Å². The molecule has 1 fully saturated rings. The third kappa shape index (κ3) is 4.27. The molecule has 1 heterocycles. The van der Waals surface area contributed by atoms with E-state index in [-0.39, 0.29) is 11.8 Å². The van der Waals surface area contributed by atoms with Gasteiger partial charge in [-0.1, -0.05) is 74.5 Å². The van der Waals surface area contributed by atoms with Crippen molar-refractivity contribution < 1.29 is 4.79 Å². The van der Waals surface area contributed by atoms with Crippen molar-refractivity contribution >= 4 is 11.9 Å². The molecule has 3 rings (SSSR count). The molecule has 0 saturated carbocycles. The summed E-state index contributed by atoms with van der Waals surface area (Å²) in [5, 5.41) is 3.38. The Kier molecular flexibility index (Phi) is 6.18. The van der Waals surface area contributed by atoms with Crippen LogP contribution >= 0.6 is 0 Å². The van der Waals surface area contributed by atoms with Crippen LogP contribution in [-0.2, 0) is 4.79 Å². The van der Waals surface area contributed by atoms with Crippen molar-refractivity contribution in [3.05, 3.63) is 71.8 Å². The van der Waals surface area contributed by atoms with Crippen molar-refractivity contribution in [1.82, 2.24) is 10.2 Å². The predicted molar refractivity (Wildman–Crippen MR) is 115 cm³/mol. The third-order valence-corrected chi connectivity index (χ3v) is 5.43. The number of benzene rings is 2. The van der Waals surface area contributed by atoms with Crippen molar-refractivity contribution in [1.29, 1.82) is 0 Å². The molecule has 1 atom stereocenters. The Hall–Kier alpha value is -2.62. The van der Waals surface area contributed by atoms with Crippen molar-refractivity contribution in [3.63, 3.8) is 0 Å². The van der Waals surface area contributed by atoms with E-state index in [2.05, 4.69) is 72.7 Å². The molecule has 0 aliphatic carbocycles. The van der Waals surface area contributed by atoms with Gasteiger partial charge in [0.1, 0.15) is 5.54 Å². The van der Waals surface area contributed by atoms with Gasteiger partial charge in [0, 0.05) is 19.5 Å². The number of nitrogens with one attached hydrogen (secondary N) is 1. The minimum Gasteiger partial charge on any atom is -0.342 e. The molecule has 1 amide bonds. The zero-order valence-electron chi connectivity index (χ0n) is 17.4. The van der Waals surface area contributed by atoms with E-state index in [1.54, 1.807) is 7.05 Å². The lowest BCUT2D eigenvalue weighted by atomic mass is 9.88. The Labute approximate surface area is 168 Å². The molecule has 0 radical (unpaired) electrons. The monoisotopic (exact) mass is 377 g/mol. The highest BCUT2D eigenvalue weighted by atomic mass is 16.2. The molecule has 0 spiro atoms. The van der Waals surface area contributed by atoms with Gasteiger partial charge in [-0.3, -0.25) is 14.7 Å². The summed E-state index contributed by atoms with van der Waals surface area (Å²) in [4.78, 5) is 19.4. The van der Waals surface area contributed by atoms with E-state index in [1.807, 2.05) is 24.0 Å². The molecule has 1 unspecified atom stereocenters. The van der Waals surface area contributed by atoms with Gasteiger partial charge in [-0.05, 0) is 36.8 Å². The van der Waals surface area contributed by atoms with Crippen LogP contribution in [0.5, 0.6) is 0 Å². The Morgan fingerprint density at radius 3 is 2.00 bits per heavy atom. The summed E-state index contributed by atoms with van der Waals surface area (Å²) in [5.41, 5.74) is 1.97. The van der Waals surface area contributed by atoms with Crippen LogP contribution in [0.2, 0.25) is 0 Å². The maximum atomic E-state index is 13.2. The molecular weight excluding hydrogens is 346 g/mol. The van der Waals surface area contributed by atoms with Gasteiger partial charge < -0.3 is 5.32 Å². The van der Waals surface area contributed by atoms with Crippen molar-refractivity contribution in [2.24, 2.45) is 10.9 Å². The number of carbonyl (C=O) groups is 1. The van der Waals surface area contributed by atoms with E-state index in [1.165, 1.54) is 11.1 Å². The lowest BCUT2D eigenvalue weighted by Gasteiger charge is -2.25. The molecule has 4 nitrogen and oxygen atoms in total. The fourth-order valence-corrected chi connectivity index (χ4v) is 4.26. The van der Waals surface area contributed by atoms with Crippen LogP contribution in [0.1, 0.15) is 50.7 Å². The number of hydrogen-bond acceptors (Lipinski definition) is 2. The Bertz CT molecular complexity index is 777. The quantitative estimate of drug-likeness (QED) is 0.776. The van der Waals surface area contributed by atoms with Crippen LogP contribution < -0.4 is 5.32 Å². The highest BCUT2D eigenvalue weighted by molar-refractivity contribution is 6.08. The maximum Gasteiger partial charge on any atom is 0.254 e. The molecule has 1 aliphatic heterocycles. The second-order valence-corrected chi connectivity index (χ2v) is 8.22. The van der Waals surface area contributed by atoms with Crippen LogP contribution in [0.4, 0.5) is 0 Å². The fraction of sp³-hybridized carbons (Fsp3) is 0.417. The standard InChI is InChI=1S/C24H31N3O/c1-18(2)17-24(3)22(28)27(23(25-4)26-24)16-15-21(19-11-7-5-8-12-19)20-13-9-6-10-14-20/h5-14,18,21H,15-17H2,1-4H3,(H,25,26). The molecule has 148 valence electrons. The second-order valence-electron chi connectivity index (χ2n) is 8.22. The average molecular weight is 378 g/mol. The van der Waals surface area contributed by atoms with E-state index in [4.69, 9.17) is 0 Å². The highest BCUT2D eigenvalue weighted by Crippen LogP contribution is 2.30. The number of aliphatic imine (C=N–C) groups is 1. The van der Waals surface area contributed by atoms with Gasteiger partial charge >= 0.3 is 0 Å². The third-order valence-electron chi connectivity index (χ3n) is 5.43. The zero-order chi connectivity index (χ0) is 20.1. The van der Waals surface area contributed by atoms with Gasteiger partial charge in [0.15, 0.2) is 0 Å². The van der Waals surface area contributed by atoms with E-state index in [9.17, 15) is 4.79 Å². The summed E-state index contributed by atoms with van der Waals surface area (Å²) in [7, 11) is 1.75. The number of rotatable bonds is 7. The summed E-state index contributed by atoms with van der Waals surface area (Å²) in [6.07, 6.45) is 1.64. The summed E-state index contributed by atoms with van der Waals surface area (Å²) in [6, 6.07) is 21.0. The second kappa shape index (κ2) is 8.59. The number of nitrogens with zero attached hydrogens (tertiary/aromatic N) is 2. The van der Waals surface area contributed by atoms with Crippen LogP contribution in [0.15, 0.2) is 65.7 Å². The van der Waals surface area contributed by atoms with Gasteiger partial charge in [0.05, 0.1) is 0 Å². The smallest absolute Gasteiger partial charge is 0.254 e. The first-order valence-corrected chi connectivity index (χ1v) is 10.1. The van der Waals surface area contributed by atoms with Crippen molar-refractivity contribution in [3.8, 4) is 0 Å². The maximum absolute atomic E-state index is 13.2. The predicted octanol–water partition coefficient (Wildman–Crippen LogP) is 4.43. The number of hydrogen-bond donors (Lipinski definition) is 1. The molecule has 28 heavy (non-hydrogen) atoms.